The predicted octanol–water partition coefficient (Wildman–Crippen LogP) is 1.71. The average molecular weight is 240 g/mol. The smallest absolute Gasteiger partial charge is 0.426 e. The number of hydrogen-bond donors (Lipinski definition) is 2. The molecule has 2 N–H and O–H groups in total. The number of fused-ring (bicyclic) bond motifs is 1. The molecule has 2 rings (SSSR count). The summed E-state index contributed by atoms with van der Waals surface area (Å²) in [5.74, 6) is -0.529. The van der Waals surface area contributed by atoms with E-state index in [-0.39, 0.29) is 18.7 Å². The summed E-state index contributed by atoms with van der Waals surface area (Å²) in [5, 5.41) is 19.0. The molecular formula is C10H9FN2O4. The molecule has 0 aromatic heterocycles. The Balaban J connectivity index is 2.43. The number of benzene rings is 1. The van der Waals surface area contributed by atoms with Crippen molar-refractivity contribution >= 4 is 12.2 Å². The fourth-order valence-electron chi connectivity index (χ4n) is 1.75. The van der Waals surface area contributed by atoms with Crippen LogP contribution in [-0.4, -0.2) is 32.4 Å². The van der Waals surface area contributed by atoms with E-state index < -0.39 is 18.0 Å². The monoisotopic (exact) mass is 240 g/mol. The number of halogens is 1. The number of carboxylic acid groups (broad SMARTS) is 2. The summed E-state index contributed by atoms with van der Waals surface area (Å²) >= 11 is 0. The molecule has 1 aliphatic rings. The summed E-state index contributed by atoms with van der Waals surface area (Å²) in [4.78, 5) is 21.8. The minimum absolute atomic E-state index is 0.172. The maximum absolute atomic E-state index is 13.5. The largest absolute Gasteiger partial charge is 0.464 e. The second-order valence-corrected chi connectivity index (χ2v) is 3.56. The lowest BCUT2D eigenvalue weighted by atomic mass is 10.0. The van der Waals surface area contributed by atoms with Crippen molar-refractivity contribution in [3.8, 4) is 0 Å². The summed E-state index contributed by atoms with van der Waals surface area (Å²) in [6.07, 6.45) is -2.82. The van der Waals surface area contributed by atoms with Gasteiger partial charge in [0.15, 0.2) is 0 Å². The van der Waals surface area contributed by atoms with E-state index in [9.17, 15) is 14.0 Å². The topological polar surface area (TPSA) is 81.1 Å². The predicted molar refractivity (Wildman–Crippen MR) is 53.5 cm³/mol. The molecule has 0 saturated carbocycles. The van der Waals surface area contributed by atoms with Gasteiger partial charge in [0, 0.05) is 5.56 Å². The maximum Gasteiger partial charge on any atom is 0.426 e. The van der Waals surface area contributed by atoms with Gasteiger partial charge in [0.25, 0.3) is 0 Å². The summed E-state index contributed by atoms with van der Waals surface area (Å²) < 4.78 is 13.5. The summed E-state index contributed by atoms with van der Waals surface area (Å²) in [7, 11) is 0. The molecule has 1 heterocycles. The van der Waals surface area contributed by atoms with Crippen molar-refractivity contribution in [3.63, 3.8) is 0 Å². The van der Waals surface area contributed by atoms with Crippen LogP contribution in [-0.2, 0) is 13.1 Å². The number of carbonyl (C=O) groups is 2. The van der Waals surface area contributed by atoms with Crippen LogP contribution in [0, 0.1) is 5.82 Å². The molecule has 0 radical (unpaired) electrons. The van der Waals surface area contributed by atoms with E-state index in [4.69, 9.17) is 10.2 Å². The van der Waals surface area contributed by atoms with Crippen LogP contribution in [0.15, 0.2) is 18.2 Å². The van der Waals surface area contributed by atoms with Gasteiger partial charge in [0.05, 0.1) is 13.1 Å². The van der Waals surface area contributed by atoms with Crippen molar-refractivity contribution in [1.29, 1.82) is 0 Å². The Kier molecular flexibility index (Phi) is 2.58. The molecule has 17 heavy (non-hydrogen) atoms. The van der Waals surface area contributed by atoms with Crippen molar-refractivity contribution in [2.45, 2.75) is 13.1 Å². The van der Waals surface area contributed by atoms with Gasteiger partial charge in [0.2, 0.25) is 0 Å². The summed E-state index contributed by atoms with van der Waals surface area (Å²) in [6, 6.07) is 4.26. The van der Waals surface area contributed by atoms with Gasteiger partial charge in [-0.05, 0) is 11.6 Å². The molecule has 90 valence electrons. The molecule has 0 unspecified atom stereocenters. The Hall–Kier alpha value is -2.31. The first-order valence-electron chi connectivity index (χ1n) is 4.78. The zero-order chi connectivity index (χ0) is 12.6. The number of hydrazine groups is 1. The maximum atomic E-state index is 13.5. The quantitative estimate of drug-likeness (QED) is 0.723. The lowest BCUT2D eigenvalue weighted by Crippen LogP contribution is -2.50. The van der Waals surface area contributed by atoms with Gasteiger partial charge < -0.3 is 10.2 Å². The Bertz CT molecular complexity index is 491. The van der Waals surface area contributed by atoms with E-state index >= 15 is 0 Å². The van der Waals surface area contributed by atoms with Crippen LogP contribution in [0.3, 0.4) is 0 Å². The Morgan fingerprint density at radius 2 is 1.71 bits per heavy atom. The second-order valence-electron chi connectivity index (χ2n) is 3.56. The third kappa shape index (κ3) is 1.86. The highest BCUT2D eigenvalue weighted by Gasteiger charge is 2.32. The van der Waals surface area contributed by atoms with E-state index in [1.54, 1.807) is 6.07 Å². The molecular weight excluding hydrogens is 231 g/mol. The first kappa shape index (κ1) is 11.2. The van der Waals surface area contributed by atoms with Gasteiger partial charge in [-0.25, -0.2) is 24.0 Å². The molecule has 7 heteroatoms. The molecule has 6 nitrogen and oxygen atoms in total. The molecule has 0 fully saturated rings. The highest BCUT2D eigenvalue weighted by Crippen LogP contribution is 2.24. The van der Waals surface area contributed by atoms with Gasteiger partial charge in [-0.1, -0.05) is 12.1 Å². The lowest BCUT2D eigenvalue weighted by molar-refractivity contribution is -0.0187. The van der Waals surface area contributed by atoms with Gasteiger partial charge in [-0.2, -0.15) is 0 Å². The SMILES string of the molecule is O=C(O)N1Cc2cccc(F)c2CN1C(=O)O. The Morgan fingerprint density at radius 1 is 1.12 bits per heavy atom. The zero-order valence-electron chi connectivity index (χ0n) is 8.63. The van der Waals surface area contributed by atoms with Crippen molar-refractivity contribution in [2.75, 3.05) is 0 Å². The van der Waals surface area contributed by atoms with Gasteiger partial charge in [-0.3, -0.25) is 0 Å². The standard InChI is InChI=1S/C10H9FN2O4/c11-8-3-1-2-6-4-12(9(14)15)13(10(16)17)5-7(6)8/h1-3H,4-5H2,(H,14,15)(H,16,17). The fraction of sp³-hybridized carbons (Fsp3) is 0.200. The van der Waals surface area contributed by atoms with E-state index in [0.29, 0.717) is 15.6 Å². The van der Waals surface area contributed by atoms with Crippen LogP contribution in [0.25, 0.3) is 0 Å². The van der Waals surface area contributed by atoms with Crippen LogP contribution in [0.2, 0.25) is 0 Å². The molecule has 0 bridgehead atoms. The van der Waals surface area contributed by atoms with Crippen molar-refractivity contribution in [1.82, 2.24) is 10.0 Å². The summed E-state index contributed by atoms with van der Waals surface area (Å²) in [5.41, 5.74) is 0.692. The molecule has 0 atom stereocenters. The Labute approximate surface area is 95.5 Å². The van der Waals surface area contributed by atoms with Gasteiger partial charge in [0.1, 0.15) is 5.82 Å². The highest BCUT2D eigenvalue weighted by atomic mass is 19.1. The van der Waals surface area contributed by atoms with Gasteiger partial charge in [-0.15, -0.1) is 0 Å². The number of rotatable bonds is 0. The van der Waals surface area contributed by atoms with Crippen molar-refractivity contribution in [3.05, 3.63) is 35.1 Å². The van der Waals surface area contributed by atoms with E-state index in [2.05, 4.69) is 0 Å². The first-order valence-corrected chi connectivity index (χ1v) is 4.78. The molecule has 2 amide bonds. The Morgan fingerprint density at radius 3 is 2.29 bits per heavy atom. The summed E-state index contributed by atoms with van der Waals surface area (Å²) in [6.45, 7) is -0.474. The first-order chi connectivity index (χ1) is 8.00. The fourth-order valence-corrected chi connectivity index (χ4v) is 1.75. The van der Waals surface area contributed by atoms with Crippen molar-refractivity contribution in [2.24, 2.45) is 0 Å². The van der Waals surface area contributed by atoms with Crippen LogP contribution in [0.1, 0.15) is 11.1 Å². The molecule has 1 aliphatic heterocycles. The number of hydrogen-bond acceptors (Lipinski definition) is 2. The highest BCUT2D eigenvalue weighted by molar-refractivity contribution is 5.72. The molecule has 0 spiro atoms. The average Bonchev–Trinajstić information content (AvgIpc) is 2.27. The minimum atomic E-state index is -1.43. The van der Waals surface area contributed by atoms with E-state index in [0.717, 1.165) is 0 Å². The van der Waals surface area contributed by atoms with E-state index in [1.165, 1.54) is 12.1 Å². The molecule has 0 saturated heterocycles. The third-order valence-electron chi connectivity index (χ3n) is 2.58. The number of nitrogens with zero attached hydrogens (tertiary/aromatic N) is 2. The lowest BCUT2D eigenvalue weighted by Gasteiger charge is -2.35. The number of amides is 2. The van der Waals surface area contributed by atoms with Crippen LogP contribution in [0.5, 0.6) is 0 Å². The third-order valence-corrected chi connectivity index (χ3v) is 2.58. The van der Waals surface area contributed by atoms with E-state index in [1.807, 2.05) is 0 Å². The van der Waals surface area contributed by atoms with Crippen LogP contribution in [0.4, 0.5) is 14.0 Å². The van der Waals surface area contributed by atoms with Crippen LogP contribution < -0.4 is 0 Å². The van der Waals surface area contributed by atoms with Crippen LogP contribution >= 0.6 is 0 Å². The molecule has 1 aromatic rings. The normalized spacial score (nSPS) is 14.4. The second kappa shape index (κ2) is 3.93. The van der Waals surface area contributed by atoms with Crippen molar-refractivity contribution < 1.29 is 24.2 Å². The minimum Gasteiger partial charge on any atom is -0.464 e. The molecule has 0 aliphatic carbocycles. The zero-order valence-corrected chi connectivity index (χ0v) is 8.63. The molecule has 1 aromatic carbocycles. The van der Waals surface area contributed by atoms with Gasteiger partial charge >= 0.3 is 12.2 Å².